The van der Waals surface area contributed by atoms with Gasteiger partial charge in [-0.05, 0) is 50.6 Å². The molecule has 0 unspecified atom stereocenters. The number of rotatable bonds is 7. The van der Waals surface area contributed by atoms with Crippen molar-refractivity contribution in [1.82, 2.24) is 5.16 Å². The molecule has 0 radical (unpaired) electrons. The predicted molar refractivity (Wildman–Crippen MR) is 106 cm³/mol. The van der Waals surface area contributed by atoms with Gasteiger partial charge >= 0.3 is 0 Å². The van der Waals surface area contributed by atoms with Crippen LogP contribution in [0.25, 0.3) is 0 Å². The Hall–Kier alpha value is -2.80. The smallest absolute Gasteiger partial charge is 0.267 e. The fourth-order valence-electron chi connectivity index (χ4n) is 2.99. The van der Waals surface area contributed by atoms with Gasteiger partial charge in [0.2, 0.25) is 0 Å². The summed E-state index contributed by atoms with van der Waals surface area (Å²) in [5.74, 6) is 0.275. The number of hydrogen-bond acceptors (Lipinski definition) is 5. The summed E-state index contributed by atoms with van der Waals surface area (Å²) in [7, 11) is -3.74. The molecule has 142 valence electrons. The molecule has 1 N–H and O–H groups in total. The number of nitrogens with zero attached hydrogens (tertiary/aromatic N) is 2. The molecular weight excluding hydrogens is 362 g/mol. The second-order valence-electron chi connectivity index (χ2n) is 6.31. The highest BCUT2D eigenvalue weighted by Crippen LogP contribution is 2.24. The van der Waals surface area contributed by atoms with Gasteiger partial charge < -0.3 is 9.42 Å². The molecule has 0 fully saturated rings. The molecule has 0 aliphatic carbocycles. The van der Waals surface area contributed by atoms with Gasteiger partial charge in [-0.25, -0.2) is 8.42 Å². The maximum Gasteiger partial charge on any atom is 0.267 e. The highest BCUT2D eigenvalue weighted by molar-refractivity contribution is 7.92. The van der Waals surface area contributed by atoms with E-state index in [-0.39, 0.29) is 10.7 Å². The van der Waals surface area contributed by atoms with E-state index in [1.807, 2.05) is 30.3 Å². The first kappa shape index (κ1) is 19.0. The molecule has 3 aromatic rings. The zero-order valence-electron chi connectivity index (χ0n) is 15.6. The summed E-state index contributed by atoms with van der Waals surface area (Å²) in [6.45, 7) is 6.93. The number of aromatic nitrogens is 1. The molecule has 3 rings (SSSR count). The van der Waals surface area contributed by atoms with Crippen LogP contribution in [-0.4, -0.2) is 20.1 Å². The Morgan fingerprint density at radius 1 is 1.04 bits per heavy atom. The van der Waals surface area contributed by atoms with Crippen LogP contribution in [0.2, 0.25) is 0 Å². The minimum atomic E-state index is -3.74. The van der Waals surface area contributed by atoms with Crippen LogP contribution in [0.15, 0.2) is 64.0 Å². The van der Waals surface area contributed by atoms with E-state index in [1.54, 1.807) is 26.0 Å². The molecule has 7 heteroatoms. The van der Waals surface area contributed by atoms with Crippen LogP contribution in [0, 0.1) is 13.8 Å². The third-order valence-corrected chi connectivity index (χ3v) is 5.94. The molecule has 0 aliphatic heterocycles. The van der Waals surface area contributed by atoms with Crippen molar-refractivity contribution in [3.05, 3.63) is 71.6 Å². The lowest BCUT2D eigenvalue weighted by atomic mass is 10.2. The number of hydrogen-bond donors (Lipinski definition) is 1. The van der Waals surface area contributed by atoms with Crippen LogP contribution < -0.4 is 9.62 Å². The van der Waals surface area contributed by atoms with Crippen LogP contribution in [0.5, 0.6) is 0 Å². The largest absolute Gasteiger partial charge is 0.367 e. The SMILES string of the molecule is CCN(Cc1ccccc1)c1ccc(NS(=O)(=O)c2c(C)noc2C)cc1. The normalized spacial score (nSPS) is 11.4. The van der Waals surface area contributed by atoms with E-state index in [1.165, 1.54) is 5.56 Å². The van der Waals surface area contributed by atoms with Gasteiger partial charge in [0.05, 0.1) is 0 Å². The van der Waals surface area contributed by atoms with Crippen LogP contribution >= 0.6 is 0 Å². The van der Waals surface area contributed by atoms with E-state index in [2.05, 4.69) is 33.8 Å². The third kappa shape index (κ3) is 4.31. The molecule has 1 heterocycles. The Kier molecular flexibility index (Phi) is 5.51. The Morgan fingerprint density at radius 3 is 2.26 bits per heavy atom. The van der Waals surface area contributed by atoms with Gasteiger partial charge in [0.15, 0.2) is 10.7 Å². The lowest BCUT2D eigenvalue weighted by molar-refractivity contribution is 0.390. The van der Waals surface area contributed by atoms with Crippen molar-refractivity contribution < 1.29 is 12.9 Å². The lowest BCUT2D eigenvalue weighted by Gasteiger charge is -2.23. The minimum Gasteiger partial charge on any atom is -0.367 e. The first-order valence-corrected chi connectivity index (χ1v) is 10.2. The summed E-state index contributed by atoms with van der Waals surface area (Å²) in [5, 5.41) is 3.71. The molecular formula is C20H23N3O3S. The molecule has 0 atom stereocenters. The zero-order valence-corrected chi connectivity index (χ0v) is 16.5. The average molecular weight is 385 g/mol. The summed E-state index contributed by atoms with van der Waals surface area (Å²) in [6, 6.07) is 17.6. The number of aryl methyl sites for hydroxylation is 2. The Labute approximate surface area is 159 Å². The van der Waals surface area contributed by atoms with Crippen LogP contribution in [0.3, 0.4) is 0 Å². The molecule has 0 aliphatic rings. The number of nitrogens with one attached hydrogen (secondary N) is 1. The van der Waals surface area contributed by atoms with Gasteiger partial charge in [-0.2, -0.15) is 0 Å². The fourth-order valence-corrected chi connectivity index (χ4v) is 4.38. The number of benzene rings is 2. The summed E-state index contributed by atoms with van der Waals surface area (Å²) < 4.78 is 32.8. The van der Waals surface area contributed by atoms with Gasteiger partial charge in [-0.1, -0.05) is 35.5 Å². The fraction of sp³-hybridized carbons (Fsp3) is 0.250. The monoisotopic (exact) mass is 385 g/mol. The second kappa shape index (κ2) is 7.84. The summed E-state index contributed by atoms with van der Waals surface area (Å²) in [5.41, 5.74) is 3.09. The predicted octanol–water partition coefficient (Wildman–Crippen LogP) is 4.12. The van der Waals surface area contributed by atoms with Gasteiger partial charge in [-0.3, -0.25) is 4.72 Å². The van der Waals surface area contributed by atoms with Gasteiger partial charge in [-0.15, -0.1) is 0 Å². The molecule has 1 aromatic heterocycles. The average Bonchev–Trinajstić information content (AvgIpc) is 3.00. The Bertz CT molecular complexity index is 977. The molecule has 0 saturated heterocycles. The first-order chi connectivity index (χ1) is 12.9. The van der Waals surface area contributed by atoms with Crippen molar-refractivity contribution in [2.75, 3.05) is 16.2 Å². The highest BCUT2D eigenvalue weighted by atomic mass is 32.2. The quantitative estimate of drug-likeness (QED) is 0.662. The summed E-state index contributed by atoms with van der Waals surface area (Å²) in [6.07, 6.45) is 0. The number of sulfonamides is 1. The zero-order chi connectivity index (χ0) is 19.4. The summed E-state index contributed by atoms with van der Waals surface area (Å²) in [4.78, 5) is 2.31. The maximum absolute atomic E-state index is 12.6. The maximum atomic E-state index is 12.6. The van der Waals surface area contributed by atoms with Gasteiger partial charge in [0.25, 0.3) is 10.0 Å². The Balaban J connectivity index is 1.76. The topological polar surface area (TPSA) is 75.4 Å². The molecule has 2 aromatic carbocycles. The molecule has 27 heavy (non-hydrogen) atoms. The van der Waals surface area contributed by atoms with Gasteiger partial charge in [0, 0.05) is 24.5 Å². The third-order valence-electron chi connectivity index (χ3n) is 4.32. The van der Waals surface area contributed by atoms with Gasteiger partial charge in [0.1, 0.15) is 5.69 Å². The molecule has 0 spiro atoms. The van der Waals surface area contributed by atoms with Crippen molar-refractivity contribution in [2.45, 2.75) is 32.2 Å². The highest BCUT2D eigenvalue weighted by Gasteiger charge is 2.24. The van der Waals surface area contributed by atoms with Crippen molar-refractivity contribution in [3.8, 4) is 0 Å². The van der Waals surface area contributed by atoms with Crippen LogP contribution in [0.1, 0.15) is 23.9 Å². The minimum absolute atomic E-state index is 0.0887. The van der Waals surface area contributed by atoms with E-state index >= 15 is 0 Å². The van der Waals surface area contributed by atoms with Crippen molar-refractivity contribution >= 4 is 21.4 Å². The Morgan fingerprint density at radius 2 is 1.70 bits per heavy atom. The standard InChI is InChI=1S/C20H23N3O3S/c1-4-23(14-17-8-6-5-7-9-17)19-12-10-18(11-13-19)22-27(24,25)20-15(2)21-26-16(20)3/h5-13,22H,4,14H2,1-3H3. The van der Waals surface area contributed by atoms with E-state index < -0.39 is 10.0 Å². The lowest BCUT2D eigenvalue weighted by Crippen LogP contribution is -2.22. The van der Waals surface area contributed by atoms with E-state index in [0.29, 0.717) is 11.4 Å². The van der Waals surface area contributed by atoms with E-state index in [0.717, 1.165) is 18.8 Å². The second-order valence-corrected chi connectivity index (χ2v) is 7.92. The molecule has 6 nitrogen and oxygen atoms in total. The van der Waals surface area contributed by atoms with Crippen molar-refractivity contribution in [1.29, 1.82) is 0 Å². The number of anilines is 2. The van der Waals surface area contributed by atoms with Crippen LogP contribution in [-0.2, 0) is 16.6 Å². The van der Waals surface area contributed by atoms with Crippen LogP contribution in [0.4, 0.5) is 11.4 Å². The van der Waals surface area contributed by atoms with E-state index in [4.69, 9.17) is 4.52 Å². The van der Waals surface area contributed by atoms with Crippen molar-refractivity contribution in [3.63, 3.8) is 0 Å². The van der Waals surface area contributed by atoms with E-state index in [9.17, 15) is 8.42 Å². The molecule has 0 amide bonds. The summed E-state index contributed by atoms with van der Waals surface area (Å²) >= 11 is 0. The van der Waals surface area contributed by atoms with Crippen molar-refractivity contribution in [2.24, 2.45) is 0 Å². The molecule has 0 saturated carbocycles. The molecule has 0 bridgehead atoms. The first-order valence-electron chi connectivity index (χ1n) is 8.75.